The molecule has 2 N–H and O–H groups in total. The summed E-state index contributed by atoms with van der Waals surface area (Å²) < 4.78 is 16.4. The van der Waals surface area contributed by atoms with Gasteiger partial charge in [-0.25, -0.2) is 4.39 Å². The third-order valence-electron chi connectivity index (χ3n) is 8.42. The Morgan fingerprint density at radius 2 is 2.02 bits per heavy atom. The number of aliphatic hydroxyl groups is 1. The van der Waals surface area contributed by atoms with E-state index in [0.717, 1.165) is 48.2 Å². The Labute approximate surface area is 251 Å². The molecule has 0 aliphatic carbocycles. The third kappa shape index (κ3) is 6.25. The molecule has 226 valence electrons. The zero-order valence-electron chi connectivity index (χ0n) is 25.1. The number of aromatic nitrogens is 2. The average molecular weight is 587 g/mol. The number of fused-ring (bicyclic) bond motifs is 1. The van der Waals surface area contributed by atoms with Crippen LogP contribution in [0.2, 0.25) is 0 Å². The van der Waals surface area contributed by atoms with Crippen LogP contribution in [0.15, 0.2) is 61.1 Å². The first-order valence-corrected chi connectivity index (χ1v) is 14.6. The highest BCUT2D eigenvalue weighted by Gasteiger charge is 2.28. The van der Waals surface area contributed by atoms with E-state index in [2.05, 4.69) is 27.5 Å². The zero-order valence-corrected chi connectivity index (χ0v) is 25.1. The highest BCUT2D eigenvalue weighted by Crippen LogP contribution is 2.36. The number of likely N-dealkylation sites (N-methyl/N-ethyl adjacent to an activating group) is 1. The summed E-state index contributed by atoms with van der Waals surface area (Å²) in [7, 11) is 3.61. The van der Waals surface area contributed by atoms with Gasteiger partial charge in [-0.3, -0.25) is 19.5 Å². The molecule has 0 radical (unpaired) electrons. The molecule has 9 nitrogen and oxygen atoms in total. The molecule has 2 aromatic heterocycles. The summed E-state index contributed by atoms with van der Waals surface area (Å²) in [4.78, 5) is 35.0. The van der Waals surface area contributed by atoms with Gasteiger partial charge < -0.3 is 24.8 Å². The summed E-state index contributed by atoms with van der Waals surface area (Å²) in [5, 5.41) is 13.2. The minimum absolute atomic E-state index is 0.0220. The van der Waals surface area contributed by atoms with Gasteiger partial charge in [0, 0.05) is 57.6 Å². The predicted molar refractivity (Wildman–Crippen MR) is 167 cm³/mol. The topological polar surface area (TPSA) is 93.9 Å². The summed E-state index contributed by atoms with van der Waals surface area (Å²) in [6.45, 7) is 6.82. The Balaban J connectivity index is 1.43. The van der Waals surface area contributed by atoms with Crippen molar-refractivity contribution in [2.24, 2.45) is 0 Å². The molecule has 43 heavy (non-hydrogen) atoms. The number of aliphatic hydroxyl groups excluding tert-OH is 1. The van der Waals surface area contributed by atoms with E-state index in [-0.39, 0.29) is 24.5 Å². The smallest absolute Gasteiger partial charge is 0.256 e. The number of benzene rings is 2. The molecule has 0 spiro atoms. The van der Waals surface area contributed by atoms with Crippen LogP contribution in [0.25, 0.3) is 16.6 Å². The second-order valence-corrected chi connectivity index (χ2v) is 11.5. The van der Waals surface area contributed by atoms with Crippen molar-refractivity contribution in [2.75, 3.05) is 50.6 Å². The van der Waals surface area contributed by atoms with Crippen molar-refractivity contribution >= 4 is 34.6 Å². The molecular weight excluding hydrogens is 547 g/mol. The van der Waals surface area contributed by atoms with Crippen LogP contribution in [-0.2, 0) is 11.3 Å². The Kier molecular flexibility index (Phi) is 9.08. The standard InChI is InChI=1S/C33H39FN6O3/c1-22(2)38(4)33(43)27-16-25(34)6-8-30(27)40-20-28(26-9-11-35-17-32(26)40)24-10-12-39(19-24)18-23-5-7-31(37(3)13-14-41)29(15-23)36-21-42/h5-9,11,15-17,20-22,24,41H,10,12-14,18-19H2,1-4H3,(H,36,42). The lowest BCUT2D eigenvalue weighted by atomic mass is 9.98. The first-order chi connectivity index (χ1) is 20.7. The van der Waals surface area contributed by atoms with E-state index in [1.165, 1.54) is 17.7 Å². The van der Waals surface area contributed by atoms with Crippen molar-refractivity contribution in [3.05, 3.63) is 83.6 Å². The van der Waals surface area contributed by atoms with Crippen LogP contribution < -0.4 is 10.2 Å². The predicted octanol–water partition coefficient (Wildman–Crippen LogP) is 4.63. The highest BCUT2D eigenvalue weighted by molar-refractivity contribution is 5.99. The Hall–Kier alpha value is -4.28. The number of pyridine rings is 1. The summed E-state index contributed by atoms with van der Waals surface area (Å²) in [6, 6.07) is 12.4. The highest BCUT2D eigenvalue weighted by atomic mass is 19.1. The molecule has 1 aliphatic heterocycles. The van der Waals surface area contributed by atoms with Crippen LogP contribution in [0.1, 0.15) is 47.7 Å². The van der Waals surface area contributed by atoms with Crippen molar-refractivity contribution in [1.82, 2.24) is 19.4 Å². The quantitative estimate of drug-likeness (QED) is 0.249. The van der Waals surface area contributed by atoms with Crippen molar-refractivity contribution in [3.8, 4) is 5.69 Å². The number of amides is 2. The molecule has 2 amide bonds. The van der Waals surface area contributed by atoms with Crippen molar-refractivity contribution in [1.29, 1.82) is 0 Å². The summed E-state index contributed by atoms with van der Waals surface area (Å²) in [5.41, 5.74) is 5.62. The molecule has 0 bridgehead atoms. The third-order valence-corrected chi connectivity index (χ3v) is 8.42. The van der Waals surface area contributed by atoms with Crippen molar-refractivity contribution in [3.63, 3.8) is 0 Å². The van der Waals surface area contributed by atoms with Crippen LogP contribution in [0.5, 0.6) is 0 Å². The first-order valence-electron chi connectivity index (χ1n) is 14.6. The molecular formula is C33H39FN6O3. The van der Waals surface area contributed by atoms with E-state index < -0.39 is 5.82 Å². The molecule has 1 fully saturated rings. The molecule has 1 unspecified atom stereocenters. The van der Waals surface area contributed by atoms with E-state index in [9.17, 15) is 19.1 Å². The van der Waals surface area contributed by atoms with Gasteiger partial charge in [0.1, 0.15) is 5.82 Å². The Morgan fingerprint density at radius 3 is 2.77 bits per heavy atom. The maximum atomic E-state index is 14.4. The molecule has 2 aromatic carbocycles. The number of carbonyl (C=O) groups excluding carboxylic acids is 2. The average Bonchev–Trinajstić information content (AvgIpc) is 3.61. The zero-order chi connectivity index (χ0) is 30.7. The summed E-state index contributed by atoms with van der Waals surface area (Å²) >= 11 is 0. The summed E-state index contributed by atoms with van der Waals surface area (Å²) in [5.74, 6) is -0.433. The molecule has 1 atom stereocenters. The van der Waals surface area contributed by atoms with Crippen molar-refractivity contribution in [2.45, 2.75) is 38.8 Å². The number of nitrogens with one attached hydrogen (secondary N) is 1. The van der Waals surface area contributed by atoms with E-state index in [4.69, 9.17) is 0 Å². The molecule has 5 rings (SSSR count). The maximum Gasteiger partial charge on any atom is 0.256 e. The van der Waals surface area contributed by atoms with Crippen LogP contribution in [0, 0.1) is 5.82 Å². The molecule has 3 heterocycles. The number of halogens is 1. The normalized spacial score (nSPS) is 15.3. The molecule has 4 aromatic rings. The van der Waals surface area contributed by atoms with Crippen LogP contribution in [0.4, 0.5) is 15.8 Å². The van der Waals surface area contributed by atoms with E-state index in [0.29, 0.717) is 29.9 Å². The molecule has 10 heteroatoms. The lowest BCUT2D eigenvalue weighted by Gasteiger charge is -2.23. The number of anilines is 2. The van der Waals surface area contributed by atoms with E-state index >= 15 is 0 Å². The van der Waals surface area contributed by atoms with Gasteiger partial charge in [0.2, 0.25) is 6.41 Å². The van der Waals surface area contributed by atoms with Gasteiger partial charge in [-0.15, -0.1) is 0 Å². The van der Waals surface area contributed by atoms with Crippen LogP contribution >= 0.6 is 0 Å². The minimum Gasteiger partial charge on any atom is -0.395 e. The summed E-state index contributed by atoms with van der Waals surface area (Å²) in [6.07, 6.45) is 7.30. The monoisotopic (exact) mass is 586 g/mol. The van der Waals surface area contributed by atoms with Gasteiger partial charge in [0.05, 0.1) is 40.9 Å². The van der Waals surface area contributed by atoms with Gasteiger partial charge in [-0.2, -0.15) is 0 Å². The second-order valence-electron chi connectivity index (χ2n) is 11.5. The van der Waals surface area contributed by atoms with Gasteiger partial charge >= 0.3 is 0 Å². The number of nitrogens with zero attached hydrogens (tertiary/aromatic N) is 5. The van der Waals surface area contributed by atoms with Gasteiger partial charge in [0.25, 0.3) is 5.91 Å². The Morgan fingerprint density at radius 1 is 1.21 bits per heavy atom. The lowest BCUT2D eigenvalue weighted by molar-refractivity contribution is -0.105. The number of rotatable bonds is 11. The van der Waals surface area contributed by atoms with Crippen LogP contribution in [0.3, 0.4) is 0 Å². The largest absolute Gasteiger partial charge is 0.395 e. The van der Waals surface area contributed by atoms with Crippen LogP contribution in [-0.4, -0.2) is 83.2 Å². The number of hydrogen-bond donors (Lipinski definition) is 2. The van der Waals surface area contributed by atoms with Gasteiger partial charge in [0.15, 0.2) is 0 Å². The molecule has 1 saturated heterocycles. The molecule has 0 saturated carbocycles. The molecule has 1 aliphatic rings. The van der Waals surface area contributed by atoms with E-state index in [1.807, 2.05) is 48.6 Å². The first kappa shape index (κ1) is 30.2. The van der Waals surface area contributed by atoms with Gasteiger partial charge in [-0.05, 0) is 80.3 Å². The fourth-order valence-electron chi connectivity index (χ4n) is 5.89. The fraction of sp³-hybridized carbons (Fsp3) is 0.364. The number of carbonyl (C=O) groups is 2. The SMILES string of the molecule is CC(C)N(C)C(=O)c1cc(F)ccc1-n1cc(C2CCN(Cc3ccc(N(C)CCO)c(NC=O)c3)C2)c2ccncc21. The fourth-order valence-corrected chi connectivity index (χ4v) is 5.89. The second kappa shape index (κ2) is 12.9. The van der Waals surface area contributed by atoms with Crippen molar-refractivity contribution < 1.29 is 19.1 Å². The number of likely N-dealkylation sites (tertiary alicyclic amines) is 1. The minimum atomic E-state index is -0.454. The lowest BCUT2D eigenvalue weighted by Crippen LogP contribution is -2.33. The number of hydrogen-bond acceptors (Lipinski definition) is 6. The Bertz CT molecular complexity index is 1620. The van der Waals surface area contributed by atoms with E-state index in [1.54, 1.807) is 30.4 Å². The maximum absolute atomic E-state index is 14.4. The van der Waals surface area contributed by atoms with Gasteiger partial charge in [-0.1, -0.05) is 6.07 Å².